The number of nitrogens with one attached hydrogen (secondary N) is 1. The molecule has 2 fully saturated rings. The van der Waals surface area contributed by atoms with Crippen molar-refractivity contribution < 1.29 is 4.74 Å². The molecule has 0 radical (unpaired) electrons. The van der Waals surface area contributed by atoms with Crippen LogP contribution in [-0.2, 0) is 4.74 Å². The summed E-state index contributed by atoms with van der Waals surface area (Å²) in [5.41, 5.74) is 1.20. The van der Waals surface area contributed by atoms with E-state index in [-0.39, 0.29) is 0 Å². The summed E-state index contributed by atoms with van der Waals surface area (Å²) in [6, 6.07) is 0.766. The maximum absolute atomic E-state index is 5.98. The Hall–Kier alpha value is -0.340. The van der Waals surface area contributed by atoms with Gasteiger partial charge in [0, 0.05) is 12.6 Å². The zero-order valence-corrected chi connectivity index (χ0v) is 11.4. The Morgan fingerprint density at radius 2 is 1.94 bits per heavy atom. The van der Waals surface area contributed by atoms with Gasteiger partial charge in [-0.2, -0.15) is 0 Å². The molecule has 3 unspecified atom stereocenters. The zero-order chi connectivity index (χ0) is 12.3. The lowest BCUT2D eigenvalue weighted by Gasteiger charge is -2.32. The second kappa shape index (κ2) is 6.01. The van der Waals surface area contributed by atoms with Gasteiger partial charge in [-0.3, -0.25) is 0 Å². The maximum Gasteiger partial charge on any atom is 0.0690 e. The van der Waals surface area contributed by atoms with Crippen LogP contribution in [0.4, 0.5) is 0 Å². The van der Waals surface area contributed by atoms with E-state index >= 15 is 0 Å². The number of ether oxygens (including phenoxy) is 1. The van der Waals surface area contributed by atoms with Crippen LogP contribution in [0.1, 0.15) is 46.0 Å². The molecule has 0 aromatic heterocycles. The molecule has 0 aromatic carbocycles. The highest BCUT2D eigenvalue weighted by molar-refractivity contribution is 4.99. The first-order valence-corrected chi connectivity index (χ1v) is 7.16. The quantitative estimate of drug-likeness (QED) is 0.717. The van der Waals surface area contributed by atoms with Gasteiger partial charge >= 0.3 is 0 Å². The van der Waals surface area contributed by atoms with E-state index in [0.717, 1.165) is 31.0 Å². The molecular formula is C15H27NO. The smallest absolute Gasteiger partial charge is 0.0690 e. The fraction of sp³-hybridized carbons (Fsp3) is 0.867. The predicted octanol–water partition coefficient (Wildman–Crippen LogP) is 3.14. The van der Waals surface area contributed by atoms with Crippen molar-refractivity contribution >= 4 is 0 Å². The van der Waals surface area contributed by atoms with E-state index < -0.39 is 0 Å². The van der Waals surface area contributed by atoms with E-state index in [2.05, 4.69) is 25.7 Å². The minimum atomic E-state index is 0.471. The van der Waals surface area contributed by atoms with Crippen molar-refractivity contribution in [1.29, 1.82) is 0 Å². The maximum atomic E-state index is 5.98. The summed E-state index contributed by atoms with van der Waals surface area (Å²) in [5.74, 6) is 1.68. The molecule has 2 nitrogen and oxygen atoms in total. The van der Waals surface area contributed by atoms with Crippen LogP contribution in [-0.4, -0.2) is 25.3 Å². The lowest BCUT2D eigenvalue weighted by molar-refractivity contribution is 0.0138. The molecule has 0 saturated heterocycles. The third-order valence-corrected chi connectivity index (χ3v) is 4.29. The molecule has 0 amide bonds. The monoisotopic (exact) mass is 237 g/mol. The van der Waals surface area contributed by atoms with Gasteiger partial charge in [0.2, 0.25) is 0 Å². The fourth-order valence-corrected chi connectivity index (χ4v) is 2.51. The van der Waals surface area contributed by atoms with E-state index in [1.54, 1.807) is 0 Å². The SMILES string of the molecule is C=C(CNC1CC1)COC1CCC(C)C(C)C1. The van der Waals surface area contributed by atoms with Gasteiger partial charge in [0.1, 0.15) is 0 Å². The van der Waals surface area contributed by atoms with E-state index in [1.165, 1.54) is 37.7 Å². The fourth-order valence-electron chi connectivity index (χ4n) is 2.51. The molecule has 0 bridgehead atoms. The highest BCUT2D eigenvalue weighted by Crippen LogP contribution is 2.31. The third-order valence-electron chi connectivity index (χ3n) is 4.29. The Morgan fingerprint density at radius 1 is 1.18 bits per heavy atom. The lowest BCUT2D eigenvalue weighted by Crippen LogP contribution is -2.28. The molecule has 1 N–H and O–H groups in total. The van der Waals surface area contributed by atoms with Crippen LogP contribution in [0.3, 0.4) is 0 Å². The minimum Gasteiger partial charge on any atom is -0.374 e. The normalized spacial score (nSPS) is 33.6. The Labute approximate surface area is 106 Å². The molecule has 2 aliphatic rings. The van der Waals surface area contributed by atoms with Crippen LogP contribution in [0.5, 0.6) is 0 Å². The van der Waals surface area contributed by atoms with E-state index in [0.29, 0.717) is 6.10 Å². The summed E-state index contributed by atoms with van der Waals surface area (Å²) < 4.78 is 5.98. The molecule has 2 aliphatic carbocycles. The minimum absolute atomic E-state index is 0.471. The van der Waals surface area contributed by atoms with Gasteiger partial charge in [-0.15, -0.1) is 0 Å². The van der Waals surface area contributed by atoms with Crippen molar-refractivity contribution in [2.75, 3.05) is 13.2 Å². The van der Waals surface area contributed by atoms with E-state index in [1.807, 2.05) is 0 Å². The Balaban J connectivity index is 1.58. The molecule has 2 heteroatoms. The molecule has 0 aromatic rings. The average Bonchev–Trinajstić information content (AvgIpc) is 3.12. The Bertz CT molecular complexity index is 260. The van der Waals surface area contributed by atoms with Crippen LogP contribution in [0.15, 0.2) is 12.2 Å². The first-order valence-electron chi connectivity index (χ1n) is 7.16. The molecular weight excluding hydrogens is 210 g/mol. The third kappa shape index (κ3) is 4.44. The van der Waals surface area contributed by atoms with Crippen molar-refractivity contribution in [3.05, 3.63) is 12.2 Å². The summed E-state index contributed by atoms with van der Waals surface area (Å²) in [4.78, 5) is 0. The highest BCUT2D eigenvalue weighted by Gasteiger charge is 2.25. The zero-order valence-electron chi connectivity index (χ0n) is 11.4. The Morgan fingerprint density at radius 3 is 2.59 bits per heavy atom. The number of hydrogen-bond acceptors (Lipinski definition) is 2. The van der Waals surface area contributed by atoms with Gasteiger partial charge in [-0.1, -0.05) is 20.4 Å². The van der Waals surface area contributed by atoms with Gasteiger partial charge in [0.15, 0.2) is 0 Å². The van der Waals surface area contributed by atoms with Crippen LogP contribution in [0.2, 0.25) is 0 Å². The first kappa shape index (κ1) is 13.1. The second-order valence-corrected chi connectivity index (χ2v) is 6.11. The Kier molecular flexibility index (Phi) is 4.63. The molecule has 0 spiro atoms. The van der Waals surface area contributed by atoms with Crippen LogP contribution in [0.25, 0.3) is 0 Å². The lowest BCUT2D eigenvalue weighted by atomic mass is 9.80. The van der Waals surface area contributed by atoms with Crippen molar-refractivity contribution in [2.24, 2.45) is 11.8 Å². The van der Waals surface area contributed by atoms with Gasteiger partial charge in [-0.25, -0.2) is 0 Å². The topological polar surface area (TPSA) is 21.3 Å². The molecule has 3 atom stereocenters. The molecule has 0 aliphatic heterocycles. The molecule has 0 heterocycles. The van der Waals surface area contributed by atoms with Crippen LogP contribution < -0.4 is 5.32 Å². The predicted molar refractivity (Wildman–Crippen MR) is 72.1 cm³/mol. The molecule has 98 valence electrons. The van der Waals surface area contributed by atoms with Crippen molar-refractivity contribution in [3.8, 4) is 0 Å². The molecule has 2 rings (SSSR count). The van der Waals surface area contributed by atoms with Crippen molar-refractivity contribution in [3.63, 3.8) is 0 Å². The van der Waals surface area contributed by atoms with Crippen LogP contribution >= 0.6 is 0 Å². The van der Waals surface area contributed by atoms with Crippen molar-refractivity contribution in [1.82, 2.24) is 5.32 Å². The highest BCUT2D eigenvalue weighted by atomic mass is 16.5. The van der Waals surface area contributed by atoms with Gasteiger partial charge in [0.25, 0.3) is 0 Å². The standard InChI is InChI=1S/C15H27NO/c1-11(9-16-14-5-6-14)10-17-15-7-4-12(2)13(3)8-15/h12-16H,1,4-10H2,2-3H3. The average molecular weight is 237 g/mol. The van der Waals surface area contributed by atoms with Gasteiger partial charge < -0.3 is 10.1 Å². The summed E-state index contributed by atoms with van der Waals surface area (Å²) >= 11 is 0. The number of hydrogen-bond donors (Lipinski definition) is 1. The van der Waals surface area contributed by atoms with Gasteiger partial charge in [0.05, 0.1) is 12.7 Å². The summed E-state index contributed by atoms with van der Waals surface area (Å²) in [6.07, 6.45) is 6.93. The second-order valence-electron chi connectivity index (χ2n) is 6.11. The largest absolute Gasteiger partial charge is 0.374 e. The van der Waals surface area contributed by atoms with E-state index in [9.17, 15) is 0 Å². The van der Waals surface area contributed by atoms with Crippen molar-refractivity contribution in [2.45, 2.75) is 58.1 Å². The summed E-state index contributed by atoms with van der Waals surface area (Å²) in [6.45, 7) is 10.5. The molecule has 2 saturated carbocycles. The molecule has 17 heavy (non-hydrogen) atoms. The van der Waals surface area contributed by atoms with Gasteiger partial charge in [-0.05, 0) is 49.5 Å². The van der Waals surface area contributed by atoms with E-state index in [4.69, 9.17) is 4.74 Å². The first-order chi connectivity index (χ1) is 8.15. The summed E-state index contributed by atoms with van der Waals surface area (Å²) in [5, 5.41) is 3.48. The number of rotatable bonds is 6. The summed E-state index contributed by atoms with van der Waals surface area (Å²) in [7, 11) is 0. The van der Waals surface area contributed by atoms with Crippen LogP contribution in [0, 0.1) is 11.8 Å².